The average molecular weight is 461 g/mol. The minimum atomic E-state index is -3.23. The van der Waals surface area contributed by atoms with Crippen LogP contribution in [0.3, 0.4) is 0 Å². The minimum absolute atomic E-state index is 0.935. The third kappa shape index (κ3) is 2.70. The zero-order valence-corrected chi connectivity index (χ0v) is 18.5. The van der Waals surface area contributed by atoms with Gasteiger partial charge in [0.1, 0.15) is 0 Å². The SMILES string of the molecule is C[O][Sn]1([O]C)[CH2]c2ccc3ccccc3c2-c2c(ccc3ccccc23)[CH2]1. The Morgan fingerprint density at radius 2 is 1.04 bits per heavy atom. The first-order chi connectivity index (χ1) is 13.2. The zero-order chi connectivity index (χ0) is 18.4. The standard InChI is InChI=1S/C22H16.2CH3O.Sn/c1-15-11-13-17-7-3-5-9-19(17)21(15)22-16(2)12-14-18-8-4-6-10-20(18)22;2*1-2;/h3-14H,1-2H2;2*1H3;/q;2*-1;+2. The van der Waals surface area contributed by atoms with Gasteiger partial charge in [0.05, 0.1) is 0 Å². The molecule has 0 bridgehead atoms. The van der Waals surface area contributed by atoms with E-state index >= 15 is 0 Å². The van der Waals surface area contributed by atoms with Gasteiger partial charge in [-0.3, -0.25) is 0 Å². The van der Waals surface area contributed by atoms with Crippen LogP contribution in [0.2, 0.25) is 0 Å². The summed E-state index contributed by atoms with van der Waals surface area (Å²) in [4.78, 5) is 0. The molecule has 4 aromatic rings. The van der Waals surface area contributed by atoms with E-state index in [0.717, 1.165) is 8.87 Å². The van der Waals surface area contributed by atoms with E-state index in [1.54, 1.807) is 0 Å². The van der Waals surface area contributed by atoms with Gasteiger partial charge in [0.15, 0.2) is 0 Å². The van der Waals surface area contributed by atoms with Crippen LogP contribution >= 0.6 is 0 Å². The molecule has 2 nitrogen and oxygen atoms in total. The van der Waals surface area contributed by atoms with Crippen molar-refractivity contribution in [3.8, 4) is 11.1 Å². The van der Waals surface area contributed by atoms with Crippen molar-refractivity contribution in [3.05, 3.63) is 83.9 Å². The van der Waals surface area contributed by atoms with Crippen molar-refractivity contribution in [2.45, 2.75) is 8.87 Å². The fourth-order valence-electron chi connectivity index (χ4n) is 4.53. The van der Waals surface area contributed by atoms with Gasteiger partial charge in [-0.25, -0.2) is 0 Å². The second-order valence-electron chi connectivity index (χ2n) is 7.31. The van der Waals surface area contributed by atoms with Crippen LogP contribution in [0.4, 0.5) is 0 Å². The van der Waals surface area contributed by atoms with E-state index in [1.165, 1.54) is 43.8 Å². The molecule has 3 heteroatoms. The molecule has 0 aliphatic carbocycles. The molecule has 0 spiro atoms. The number of fused-ring (bicyclic) bond motifs is 7. The summed E-state index contributed by atoms with van der Waals surface area (Å²) >= 11 is -3.23. The molecule has 4 aromatic carbocycles. The maximum atomic E-state index is 6.13. The molecule has 27 heavy (non-hydrogen) atoms. The van der Waals surface area contributed by atoms with Crippen LogP contribution in [0, 0.1) is 0 Å². The Morgan fingerprint density at radius 1 is 0.593 bits per heavy atom. The molecule has 0 unspecified atom stereocenters. The summed E-state index contributed by atoms with van der Waals surface area (Å²) in [5, 5.41) is 5.21. The van der Waals surface area contributed by atoms with Crippen LogP contribution in [0.15, 0.2) is 72.8 Å². The average Bonchev–Trinajstić information content (AvgIpc) is 2.88. The molecule has 1 aliphatic rings. The van der Waals surface area contributed by atoms with E-state index in [9.17, 15) is 0 Å². The van der Waals surface area contributed by atoms with Crippen molar-refractivity contribution >= 4 is 40.8 Å². The van der Waals surface area contributed by atoms with Crippen molar-refractivity contribution in [3.63, 3.8) is 0 Å². The van der Waals surface area contributed by atoms with Crippen LogP contribution in [0.5, 0.6) is 0 Å². The first-order valence-corrected chi connectivity index (χ1v) is 15.7. The molecule has 134 valence electrons. The normalized spacial score (nSPS) is 15.3. The third-order valence-corrected chi connectivity index (χ3v) is 15.4. The van der Waals surface area contributed by atoms with E-state index in [-0.39, 0.29) is 0 Å². The van der Waals surface area contributed by atoms with Gasteiger partial charge in [-0.05, 0) is 0 Å². The summed E-state index contributed by atoms with van der Waals surface area (Å²) in [7, 11) is 3.68. The monoisotopic (exact) mass is 462 g/mol. The van der Waals surface area contributed by atoms with E-state index < -0.39 is 19.2 Å². The molecule has 0 N–H and O–H groups in total. The number of benzene rings is 4. The molecule has 1 aliphatic heterocycles. The number of rotatable bonds is 2. The van der Waals surface area contributed by atoms with Gasteiger partial charge in [-0.2, -0.15) is 0 Å². The first-order valence-electron chi connectivity index (χ1n) is 9.37. The number of hydrogen-bond acceptors (Lipinski definition) is 2. The first kappa shape index (κ1) is 17.2. The van der Waals surface area contributed by atoms with Crippen molar-refractivity contribution in [1.29, 1.82) is 0 Å². The second-order valence-corrected chi connectivity index (χ2v) is 16.9. The Labute approximate surface area is 164 Å². The molecule has 0 amide bonds. The molecule has 5 rings (SSSR count). The van der Waals surface area contributed by atoms with Crippen molar-refractivity contribution in [1.82, 2.24) is 0 Å². The van der Waals surface area contributed by atoms with Gasteiger partial charge in [-0.15, -0.1) is 0 Å². The van der Waals surface area contributed by atoms with Crippen LogP contribution in [-0.2, 0) is 15.0 Å². The van der Waals surface area contributed by atoms with Gasteiger partial charge in [-0.1, -0.05) is 0 Å². The van der Waals surface area contributed by atoms with E-state index in [4.69, 9.17) is 6.15 Å². The van der Waals surface area contributed by atoms with Crippen LogP contribution < -0.4 is 0 Å². The molecule has 0 atom stereocenters. The molecule has 0 saturated carbocycles. The van der Waals surface area contributed by atoms with Gasteiger partial charge >= 0.3 is 165 Å². The van der Waals surface area contributed by atoms with Crippen molar-refractivity contribution in [2.24, 2.45) is 0 Å². The summed E-state index contributed by atoms with van der Waals surface area (Å²) in [6, 6.07) is 26.5. The molecule has 0 radical (unpaired) electrons. The van der Waals surface area contributed by atoms with Crippen molar-refractivity contribution < 1.29 is 6.15 Å². The predicted molar refractivity (Wildman–Crippen MR) is 114 cm³/mol. The van der Waals surface area contributed by atoms with Gasteiger partial charge < -0.3 is 0 Å². The van der Waals surface area contributed by atoms with E-state index in [1.807, 2.05) is 14.2 Å². The van der Waals surface area contributed by atoms with Gasteiger partial charge in [0.2, 0.25) is 0 Å². The summed E-state index contributed by atoms with van der Waals surface area (Å²) in [5.41, 5.74) is 5.46. The second kappa shape index (κ2) is 6.62. The van der Waals surface area contributed by atoms with Crippen molar-refractivity contribution in [2.75, 3.05) is 14.2 Å². The summed E-state index contributed by atoms with van der Waals surface area (Å²) in [6.45, 7) is 0. The fraction of sp³-hybridized carbons (Fsp3) is 0.167. The topological polar surface area (TPSA) is 18.5 Å². The molecular formula is C24H22O2Sn. The Hall–Kier alpha value is -1.88. The fourth-order valence-corrected chi connectivity index (χ4v) is 12.0. The van der Waals surface area contributed by atoms with Gasteiger partial charge in [0, 0.05) is 0 Å². The van der Waals surface area contributed by atoms with Crippen LogP contribution in [0.1, 0.15) is 11.1 Å². The Balaban J connectivity index is 1.96. The Kier molecular flexibility index (Phi) is 4.23. The summed E-state index contributed by atoms with van der Waals surface area (Å²) < 4.78 is 14.1. The van der Waals surface area contributed by atoms with Crippen LogP contribution in [0.25, 0.3) is 32.7 Å². The zero-order valence-electron chi connectivity index (χ0n) is 15.7. The summed E-state index contributed by atoms with van der Waals surface area (Å²) in [5.74, 6) is 0. The molecule has 0 fully saturated rings. The van der Waals surface area contributed by atoms with Crippen LogP contribution in [-0.4, -0.2) is 33.4 Å². The number of hydrogen-bond donors (Lipinski definition) is 0. The molecule has 1 heterocycles. The molecule has 0 aromatic heterocycles. The Bertz CT molecular complexity index is 1070. The van der Waals surface area contributed by atoms with Gasteiger partial charge in [0.25, 0.3) is 0 Å². The Morgan fingerprint density at radius 3 is 1.48 bits per heavy atom. The van der Waals surface area contributed by atoms with E-state index in [0.29, 0.717) is 0 Å². The molecule has 0 saturated heterocycles. The predicted octanol–water partition coefficient (Wildman–Crippen LogP) is 5.57. The van der Waals surface area contributed by atoms with E-state index in [2.05, 4.69) is 72.8 Å². The summed E-state index contributed by atoms with van der Waals surface area (Å²) in [6.07, 6.45) is 0. The third-order valence-electron chi connectivity index (χ3n) is 5.94. The molecular weight excluding hydrogens is 439 g/mol. The quantitative estimate of drug-likeness (QED) is 0.364. The maximum absolute atomic E-state index is 6.13.